The van der Waals surface area contributed by atoms with Crippen molar-refractivity contribution in [1.82, 2.24) is 10.6 Å². The molecule has 5 heteroatoms. The molecule has 1 rings (SSSR count). The second kappa shape index (κ2) is 8.12. The predicted molar refractivity (Wildman–Crippen MR) is 82.2 cm³/mol. The number of carbonyl (C=O) groups excluding carboxylic acids is 1. The summed E-state index contributed by atoms with van der Waals surface area (Å²) in [4.78, 5) is 11.8. The second-order valence-corrected chi connectivity index (χ2v) is 5.60. The Morgan fingerprint density at radius 1 is 1.35 bits per heavy atom. The molecule has 0 aliphatic heterocycles. The summed E-state index contributed by atoms with van der Waals surface area (Å²) in [6.07, 6.45) is -0.568. The molecule has 0 bridgehead atoms. The van der Waals surface area contributed by atoms with Gasteiger partial charge in [-0.25, -0.2) is 0 Å². The van der Waals surface area contributed by atoms with Gasteiger partial charge in [0.1, 0.15) is 5.75 Å². The lowest BCUT2D eigenvalue weighted by molar-refractivity contribution is -0.127. The SMILES string of the molecule is CNCc1ccc(OC(C)C(=O)NCC(C)C)c(Cl)c1. The quantitative estimate of drug-likeness (QED) is 0.813. The van der Waals surface area contributed by atoms with Crippen molar-refractivity contribution >= 4 is 17.5 Å². The van der Waals surface area contributed by atoms with Crippen LogP contribution in [0.2, 0.25) is 5.02 Å². The minimum absolute atomic E-state index is 0.130. The van der Waals surface area contributed by atoms with Crippen LogP contribution in [0.1, 0.15) is 26.3 Å². The van der Waals surface area contributed by atoms with Crippen LogP contribution in [0.5, 0.6) is 5.75 Å². The van der Waals surface area contributed by atoms with Gasteiger partial charge in [-0.15, -0.1) is 0 Å². The van der Waals surface area contributed by atoms with E-state index < -0.39 is 6.10 Å². The first-order chi connectivity index (χ1) is 9.43. The molecule has 0 spiro atoms. The maximum atomic E-state index is 11.8. The summed E-state index contributed by atoms with van der Waals surface area (Å²) in [7, 11) is 1.87. The lowest BCUT2D eigenvalue weighted by Gasteiger charge is -2.17. The van der Waals surface area contributed by atoms with E-state index in [1.54, 1.807) is 13.0 Å². The maximum Gasteiger partial charge on any atom is 0.260 e. The third-order valence-electron chi connectivity index (χ3n) is 2.73. The Labute approximate surface area is 125 Å². The van der Waals surface area contributed by atoms with Gasteiger partial charge in [0, 0.05) is 13.1 Å². The van der Waals surface area contributed by atoms with Gasteiger partial charge in [-0.3, -0.25) is 4.79 Å². The number of hydrogen-bond donors (Lipinski definition) is 2. The Balaban J connectivity index is 2.61. The smallest absolute Gasteiger partial charge is 0.260 e. The number of ether oxygens (including phenoxy) is 1. The third kappa shape index (κ3) is 5.39. The average molecular weight is 299 g/mol. The van der Waals surface area contributed by atoms with Crippen LogP contribution in [0.15, 0.2) is 18.2 Å². The Morgan fingerprint density at radius 3 is 2.60 bits per heavy atom. The normalized spacial score (nSPS) is 12.3. The molecule has 0 radical (unpaired) electrons. The Kier molecular flexibility index (Phi) is 6.82. The van der Waals surface area contributed by atoms with Crippen LogP contribution in [0.25, 0.3) is 0 Å². The lowest BCUT2D eigenvalue weighted by atomic mass is 10.2. The highest BCUT2D eigenvalue weighted by molar-refractivity contribution is 6.32. The van der Waals surface area contributed by atoms with Crippen molar-refractivity contribution in [1.29, 1.82) is 0 Å². The topological polar surface area (TPSA) is 50.4 Å². The van der Waals surface area contributed by atoms with Gasteiger partial charge in [0.2, 0.25) is 0 Å². The summed E-state index contributed by atoms with van der Waals surface area (Å²) in [5, 5.41) is 6.40. The summed E-state index contributed by atoms with van der Waals surface area (Å²) in [5.41, 5.74) is 1.07. The van der Waals surface area contributed by atoms with Crippen molar-refractivity contribution < 1.29 is 9.53 Å². The molecule has 0 heterocycles. The van der Waals surface area contributed by atoms with Gasteiger partial charge in [-0.05, 0) is 37.6 Å². The zero-order valence-corrected chi connectivity index (χ0v) is 13.3. The standard InChI is InChI=1S/C15H23ClN2O2/c1-10(2)8-18-15(19)11(3)20-14-6-5-12(9-17-4)7-13(14)16/h5-7,10-11,17H,8-9H2,1-4H3,(H,18,19). The van der Waals surface area contributed by atoms with Gasteiger partial charge >= 0.3 is 0 Å². The number of rotatable bonds is 7. The fraction of sp³-hybridized carbons (Fsp3) is 0.533. The van der Waals surface area contributed by atoms with E-state index in [2.05, 4.69) is 10.6 Å². The Hall–Kier alpha value is -1.26. The highest BCUT2D eigenvalue weighted by Crippen LogP contribution is 2.26. The molecule has 0 saturated heterocycles. The molecule has 0 aliphatic carbocycles. The van der Waals surface area contributed by atoms with Gasteiger partial charge in [-0.2, -0.15) is 0 Å². The first kappa shape index (κ1) is 16.8. The molecular formula is C15H23ClN2O2. The lowest BCUT2D eigenvalue weighted by Crippen LogP contribution is -2.38. The molecule has 1 aromatic rings. The number of nitrogens with one attached hydrogen (secondary N) is 2. The van der Waals surface area contributed by atoms with Gasteiger partial charge in [0.05, 0.1) is 5.02 Å². The van der Waals surface area contributed by atoms with Crippen molar-refractivity contribution in [2.75, 3.05) is 13.6 Å². The molecule has 20 heavy (non-hydrogen) atoms. The Bertz CT molecular complexity index is 449. The van der Waals surface area contributed by atoms with Crippen LogP contribution in [0.4, 0.5) is 0 Å². The van der Waals surface area contributed by atoms with Crippen molar-refractivity contribution in [3.05, 3.63) is 28.8 Å². The summed E-state index contributed by atoms with van der Waals surface area (Å²) in [6, 6.07) is 5.56. The number of carbonyl (C=O) groups is 1. The molecule has 1 unspecified atom stereocenters. The largest absolute Gasteiger partial charge is 0.479 e. The van der Waals surface area contributed by atoms with Crippen molar-refractivity contribution in [3.8, 4) is 5.75 Å². The molecule has 1 aromatic carbocycles. The summed E-state index contributed by atoms with van der Waals surface area (Å²) in [5.74, 6) is 0.809. The van der Waals surface area contributed by atoms with Gasteiger partial charge in [-0.1, -0.05) is 31.5 Å². The minimum Gasteiger partial charge on any atom is -0.479 e. The number of halogens is 1. The highest BCUT2D eigenvalue weighted by Gasteiger charge is 2.16. The number of benzene rings is 1. The fourth-order valence-corrected chi connectivity index (χ4v) is 1.89. The highest BCUT2D eigenvalue weighted by atomic mass is 35.5. The van der Waals surface area contributed by atoms with Crippen LogP contribution in [-0.2, 0) is 11.3 Å². The molecule has 0 aliphatic rings. The minimum atomic E-state index is -0.568. The van der Waals surface area contributed by atoms with E-state index in [0.717, 1.165) is 12.1 Å². The number of amides is 1. The first-order valence-electron chi connectivity index (χ1n) is 6.81. The maximum absolute atomic E-state index is 11.8. The van der Waals surface area contributed by atoms with Crippen LogP contribution in [0.3, 0.4) is 0 Å². The van der Waals surface area contributed by atoms with Gasteiger partial charge in [0.15, 0.2) is 6.10 Å². The number of hydrogen-bond acceptors (Lipinski definition) is 3. The van der Waals surface area contributed by atoms with Crippen LogP contribution in [-0.4, -0.2) is 25.6 Å². The van der Waals surface area contributed by atoms with Crippen molar-refractivity contribution in [2.24, 2.45) is 5.92 Å². The van der Waals surface area contributed by atoms with E-state index in [1.807, 2.05) is 33.0 Å². The van der Waals surface area contributed by atoms with E-state index >= 15 is 0 Å². The van der Waals surface area contributed by atoms with E-state index in [0.29, 0.717) is 23.2 Å². The summed E-state index contributed by atoms with van der Waals surface area (Å²) in [6.45, 7) is 7.19. The predicted octanol–water partition coefficient (Wildman–Crippen LogP) is 2.60. The van der Waals surface area contributed by atoms with E-state index in [9.17, 15) is 4.79 Å². The molecule has 2 N–H and O–H groups in total. The summed E-state index contributed by atoms with van der Waals surface area (Å²) < 4.78 is 5.61. The molecule has 1 amide bonds. The van der Waals surface area contributed by atoms with Crippen LogP contribution in [0, 0.1) is 5.92 Å². The molecule has 112 valence electrons. The molecule has 0 saturated carbocycles. The monoisotopic (exact) mass is 298 g/mol. The van der Waals surface area contributed by atoms with Crippen LogP contribution >= 0.6 is 11.6 Å². The molecule has 4 nitrogen and oxygen atoms in total. The van der Waals surface area contributed by atoms with E-state index in [4.69, 9.17) is 16.3 Å². The summed E-state index contributed by atoms with van der Waals surface area (Å²) >= 11 is 6.16. The zero-order chi connectivity index (χ0) is 15.1. The molecular weight excluding hydrogens is 276 g/mol. The zero-order valence-electron chi connectivity index (χ0n) is 12.5. The van der Waals surface area contributed by atoms with Crippen molar-refractivity contribution in [2.45, 2.75) is 33.4 Å². The second-order valence-electron chi connectivity index (χ2n) is 5.19. The van der Waals surface area contributed by atoms with Gasteiger partial charge < -0.3 is 15.4 Å². The molecule has 0 aromatic heterocycles. The molecule has 0 fully saturated rings. The van der Waals surface area contributed by atoms with E-state index in [1.165, 1.54) is 0 Å². The average Bonchev–Trinajstić information content (AvgIpc) is 2.39. The van der Waals surface area contributed by atoms with Crippen molar-refractivity contribution in [3.63, 3.8) is 0 Å². The third-order valence-corrected chi connectivity index (χ3v) is 3.03. The first-order valence-corrected chi connectivity index (χ1v) is 7.19. The van der Waals surface area contributed by atoms with E-state index in [-0.39, 0.29) is 5.91 Å². The molecule has 1 atom stereocenters. The van der Waals surface area contributed by atoms with Crippen LogP contribution < -0.4 is 15.4 Å². The Morgan fingerprint density at radius 2 is 2.05 bits per heavy atom. The van der Waals surface area contributed by atoms with Gasteiger partial charge in [0.25, 0.3) is 5.91 Å². The fourth-order valence-electron chi connectivity index (χ4n) is 1.65.